The molecule has 0 N–H and O–H groups in total. The first-order valence-corrected chi connectivity index (χ1v) is 19.4. The number of fused-ring (bicyclic) bond motifs is 4. The van der Waals surface area contributed by atoms with E-state index in [2.05, 4.69) is 209 Å². The zero-order valence-electron chi connectivity index (χ0n) is 32.0. The summed E-state index contributed by atoms with van der Waals surface area (Å²) in [5.74, 6) is 0. The van der Waals surface area contributed by atoms with E-state index in [1.54, 1.807) is 0 Å². The summed E-state index contributed by atoms with van der Waals surface area (Å²) in [7, 11) is 0. The van der Waals surface area contributed by atoms with Crippen molar-refractivity contribution in [2.24, 2.45) is 0 Å². The van der Waals surface area contributed by atoms with Gasteiger partial charge in [-0.2, -0.15) is 0 Å². The zero-order chi connectivity index (χ0) is 37.0. The Morgan fingerprint density at radius 2 is 0.926 bits per heavy atom. The minimum absolute atomic E-state index is 0.104. The molecule has 0 amide bonds. The maximum absolute atomic E-state index is 2.51. The molecule has 0 heterocycles. The first-order valence-electron chi connectivity index (χ1n) is 19.4. The Bertz CT molecular complexity index is 2640. The molecular weight excluding hydrogens is 651 g/mol. The van der Waals surface area contributed by atoms with E-state index in [9.17, 15) is 0 Å². The molecule has 0 unspecified atom stereocenters. The first-order chi connectivity index (χ1) is 26.2. The third-order valence-electron chi connectivity index (χ3n) is 12.1. The van der Waals surface area contributed by atoms with Gasteiger partial charge in [0, 0.05) is 16.9 Å². The number of hydrogen-bond donors (Lipinski definition) is 0. The molecule has 1 aliphatic rings. The van der Waals surface area contributed by atoms with Crippen LogP contribution in [0.4, 0.5) is 17.1 Å². The molecule has 0 bridgehead atoms. The average Bonchev–Trinajstić information content (AvgIpc) is 3.21. The Morgan fingerprint density at radius 1 is 0.407 bits per heavy atom. The lowest BCUT2D eigenvalue weighted by atomic mass is 9.63. The van der Waals surface area contributed by atoms with Crippen LogP contribution in [0.5, 0.6) is 0 Å². The lowest BCUT2D eigenvalue weighted by Gasteiger charge is -2.43. The molecular formula is C53H47N. The number of nitrogens with zero attached hydrogens (tertiary/aromatic N) is 1. The van der Waals surface area contributed by atoms with Crippen LogP contribution in [0.15, 0.2) is 170 Å². The topological polar surface area (TPSA) is 3.24 Å². The summed E-state index contributed by atoms with van der Waals surface area (Å²) in [4.78, 5) is 2.49. The van der Waals surface area contributed by atoms with Crippen molar-refractivity contribution in [2.75, 3.05) is 4.90 Å². The fraction of sp³-hybridized carbons (Fsp3) is 0.170. The van der Waals surface area contributed by atoms with Crippen molar-refractivity contribution in [3.8, 4) is 33.4 Å². The van der Waals surface area contributed by atoms with Gasteiger partial charge in [-0.15, -0.1) is 0 Å². The van der Waals surface area contributed by atoms with Crippen LogP contribution in [0.25, 0.3) is 54.9 Å². The third-order valence-corrected chi connectivity index (χ3v) is 12.1. The van der Waals surface area contributed by atoms with Crippen LogP contribution in [0.2, 0.25) is 0 Å². The molecule has 8 aromatic rings. The Labute approximate surface area is 320 Å². The molecule has 0 fully saturated rings. The second-order valence-electron chi connectivity index (χ2n) is 16.5. The van der Waals surface area contributed by atoms with Crippen LogP contribution >= 0.6 is 0 Å². The Hall–Kier alpha value is -5.92. The van der Waals surface area contributed by atoms with Crippen LogP contribution in [-0.4, -0.2) is 0 Å². The van der Waals surface area contributed by atoms with Gasteiger partial charge in [-0.3, -0.25) is 0 Å². The second kappa shape index (κ2) is 13.2. The highest BCUT2D eigenvalue weighted by atomic mass is 15.1. The van der Waals surface area contributed by atoms with E-state index in [1.807, 2.05) is 0 Å². The standard InChI is InChI=1S/C53H47N/c1-36-33-48-49(53(4,5)32-31-52(48,2)3)35-51(36)54(50-22-14-13-19-44(50)39-15-7-6-8-16-39)42-29-27-38(28-30-42)37-23-25-40(26-24-37)47-34-41-17-9-10-18-43(41)45-20-11-12-21-46(45)47/h6-30,33-35H,31-32H2,1-5H3. The number of anilines is 3. The van der Waals surface area contributed by atoms with Crippen molar-refractivity contribution in [1.82, 2.24) is 0 Å². The largest absolute Gasteiger partial charge is 0.310 e. The van der Waals surface area contributed by atoms with Gasteiger partial charge in [0.2, 0.25) is 0 Å². The van der Waals surface area contributed by atoms with Crippen molar-refractivity contribution in [1.29, 1.82) is 0 Å². The number of para-hydroxylation sites is 1. The molecule has 0 aromatic heterocycles. The van der Waals surface area contributed by atoms with Crippen LogP contribution < -0.4 is 4.90 Å². The normalized spacial score (nSPS) is 14.5. The predicted molar refractivity (Wildman–Crippen MR) is 232 cm³/mol. The third kappa shape index (κ3) is 5.89. The Kier molecular flexibility index (Phi) is 8.27. The monoisotopic (exact) mass is 697 g/mol. The fourth-order valence-electron chi connectivity index (χ4n) is 8.83. The van der Waals surface area contributed by atoms with Gasteiger partial charge in [-0.05, 0) is 127 Å². The molecule has 1 aliphatic carbocycles. The minimum atomic E-state index is 0.104. The molecule has 1 nitrogen and oxygen atoms in total. The van der Waals surface area contributed by atoms with E-state index in [0.29, 0.717) is 0 Å². The molecule has 9 rings (SSSR count). The molecule has 8 aromatic carbocycles. The minimum Gasteiger partial charge on any atom is -0.310 e. The summed E-state index contributed by atoms with van der Waals surface area (Å²) in [5, 5.41) is 5.15. The highest BCUT2D eigenvalue weighted by molar-refractivity contribution is 6.13. The number of aryl methyl sites for hydroxylation is 1. The Balaban J connectivity index is 1.14. The van der Waals surface area contributed by atoms with Crippen molar-refractivity contribution in [3.05, 3.63) is 187 Å². The smallest absolute Gasteiger partial charge is 0.0540 e. The summed E-state index contributed by atoms with van der Waals surface area (Å²) in [6, 6.07) is 62.7. The van der Waals surface area contributed by atoms with Gasteiger partial charge in [-0.25, -0.2) is 0 Å². The van der Waals surface area contributed by atoms with E-state index < -0.39 is 0 Å². The highest BCUT2D eigenvalue weighted by Gasteiger charge is 2.38. The van der Waals surface area contributed by atoms with Crippen molar-refractivity contribution >= 4 is 38.6 Å². The molecule has 0 aliphatic heterocycles. The Morgan fingerprint density at radius 3 is 1.63 bits per heavy atom. The SMILES string of the molecule is Cc1cc2c(cc1N(c1ccc(-c3ccc(-c4cc5ccccc5c5ccccc45)cc3)cc1)c1ccccc1-c1ccccc1)C(C)(C)CCC2(C)C. The van der Waals surface area contributed by atoms with E-state index >= 15 is 0 Å². The van der Waals surface area contributed by atoms with E-state index in [0.717, 1.165) is 5.69 Å². The molecule has 54 heavy (non-hydrogen) atoms. The summed E-state index contributed by atoms with van der Waals surface area (Å²) < 4.78 is 0. The second-order valence-corrected chi connectivity index (χ2v) is 16.5. The molecule has 1 heteroatoms. The maximum atomic E-state index is 2.51. The summed E-state index contributed by atoms with van der Waals surface area (Å²) in [5.41, 5.74) is 15.4. The van der Waals surface area contributed by atoms with Gasteiger partial charge in [0.1, 0.15) is 0 Å². The summed E-state index contributed by atoms with van der Waals surface area (Å²) in [6.07, 6.45) is 2.38. The molecule has 0 atom stereocenters. The first kappa shape index (κ1) is 33.9. The predicted octanol–water partition coefficient (Wildman–Crippen LogP) is 15.1. The van der Waals surface area contributed by atoms with Gasteiger partial charge in [0.25, 0.3) is 0 Å². The highest BCUT2D eigenvalue weighted by Crippen LogP contribution is 2.50. The summed E-state index contributed by atoms with van der Waals surface area (Å²) >= 11 is 0. The van der Waals surface area contributed by atoms with Gasteiger partial charge < -0.3 is 4.90 Å². The zero-order valence-corrected chi connectivity index (χ0v) is 32.0. The molecule has 0 spiro atoms. The number of benzene rings is 8. The van der Waals surface area contributed by atoms with Crippen LogP contribution in [0, 0.1) is 6.92 Å². The average molecular weight is 698 g/mol. The van der Waals surface area contributed by atoms with Crippen molar-refractivity contribution in [2.45, 2.75) is 58.3 Å². The van der Waals surface area contributed by atoms with Crippen LogP contribution in [0.3, 0.4) is 0 Å². The van der Waals surface area contributed by atoms with Gasteiger partial charge in [-0.1, -0.05) is 167 Å². The van der Waals surface area contributed by atoms with E-state index in [1.165, 1.54) is 95.8 Å². The van der Waals surface area contributed by atoms with Gasteiger partial charge in [0.05, 0.1) is 5.69 Å². The molecule has 0 radical (unpaired) electrons. The van der Waals surface area contributed by atoms with Gasteiger partial charge in [0.15, 0.2) is 0 Å². The quantitative estimate of drug-likeness (QED) is 0.156. The van der Waals surface area contributed by atoms with E-state index in [4.69, 9.17) is 0 Å². The van der Waals surface area contributed by atoms with E-state index in [-0.39, 0.29) is 10.8 Å². The number of rotatable bonds is 6. The lowest BCUT2D eigenvalue weighted by Crippen LogP contribution is -2.34. The molecule has 264 valence electrons. The maximum Gasteiger partial charge on any atom is 0.0540 e. The van der Waals surface area contributed by atoms with Crippen LogP contribution in [-0.2, 0) is 10.8 Å². The van der Waals surface area contributed by atoms with Crippen molar-refractivity contribution in [3.63, 3.8) is 0 Å². The summed E-state index contributed by atoms with van der Waals surface area (Å²) in [6.45, 7) is 12.0. The molecule has 0 saturated heterocycles. The van der Waals surface area contributed by atoms with Crippen molar-refractivity contribution < 1.29 is 0 Å². The molecule has 0 saturated carbocycles. The number of hydrogen-bond acceptors (Lipinski definition) is 1. The fourth-order valence-corrected chi connectivity index (χ4v) is 8.83. The lowest BCUT2D eigenvalue weighted by molar-refractivity contribution is 0.332. The van der Waals surface area contributed by atoms with Crippen LogP contribution in [0.1, 0.15) is 57.2 Å². The van der Waals surface area contributed by atoms with Gasteiger partial charge >= 0.3 is 0 Å².